The van der Waals surface area contributed by atoms with Gasteiger partial charge in [0.05, 0.1) is 12.1 Å². The van der Waals surface area contributed by atoms with Crippen molar-refractivity contribution in [1.82, 2.24) is 19.9 Å². The van der Waals surface area contributed by atoms with Crippen molar-refractivity contribution in [3.8, 4) is 5.75 Å². The van der Waals surface area contributed by atoms with Gasteiger partial charge in [-0.15, -0.1) is 5.10 Å². The maximum atomic E-state index is 12.7. The second-order valence-corrected chi connectivity index (χ2v) is 6.95. The van der Waals surface area contributed by atoms with Crippen molar-refractivity contribution in [3.63, 3.8) is 0 Å². The number of amides is 1. The molecular weight excluding hydrogens is 406 g/mol. The minimum absolute atomic E-state index is 0.121. The van der Waals surface area contributed by atoms with E-state index in [9.17, 15) is 4.79 Å². The van der Waals surface area contributed by atoms with Gasteiger partial charge < -0.3 is 9.26 Å². The van der Waals surface area contributed by atoms with Crippen LogP contribution >= 0.6 is 11.6 Å². The lowest BCUT2D eigenvalue weighted by Crippen LogP contribution is -2.16. The Balaban J connectivity index is 1.42. The smallest absolute Gasteiger partial charge is 0.280 e. The second-order valence-electron chi connectivity index (χ2n) is 6.51. The van der Waals surface area contributed by atoms with Gasteiger partial charge in [0.25, 0.3) is 5.91 Å². The lowest BCUT2D eigenvalue weighted by atomic mass is 10.2. The molecule has 1 amide bonds. The molecule has 0 saturated carbocycles. The molecule has 0 saturated heterocycles. The van der Waals surface area contributed by atoms with Crippen LogP contribution in [-0.2, 0) is 13.2 Å². The number of carbonyl (C=O) groups is 1. The van der Waals surface area contributed by atoms with Gasteiger partial charge in [0, 0.05) is 5.02 Å². The van der Waals surface area contributed by atoms with Gasteiger partial charge in [0.15, 0.2) is 5.69 Å². The van der Waals surface area contributed by atoms with Crippen molar-refractivity contribution < 1.29 is 14.1 Å². The van der Waals surface area contributed by atoms with Crippen LogP contribution in [0.15, 0.2) is 65.4 Å². The molecule has 0 aliphatic rings. The summed E-state index contributed by atoms with van der Waals surface area (Å²) in [5, 5.41) is 11.4. The average Bonchev–Trinajstić information content (AvgIpc) is 3.34. The molecule has 0 unspecified atom stereocenters. The molecule has 0 aliphatic carbocycles. The van der Waals surface area contributed by atoms with E-state index < -0.39 is 5.91 Å². The number of hydrogen-bond acceptors (Lipinski definition) is 6. The molecule has 152 valence electrons. The molecule has 2 aromatic carbocycles. The predicted octanol–water partition coefficient (Wildman–Crippen LogP) is 4.11. The lowest BCUT2D eigenvalue weighted by molar-refractivity contribution is 0.101. The van der Waals surface area contributed by atoms with Crippen LogP contribution in [0, 0.1) is 6.92 Å². The van der Waals surface area contributed by atoms with Crippen molar-refractivity contribution >= 4 is 23.5 Å². The summed E-state index contributed by atoms with van der Waals surface area (Å²) in [4.78, 5) is 16.8. The molecule has 4 aromatic rings. The standard InChI is InChI=1S/C21H18ClN5O3/c1-14-18(12-29-17-9-7-16(22)8-10-17)19(26-30-14)20(28)24-21-23-13-27(25-21)11-15-5-3-2-4-6-15/h2-10,13H,11-12H2,1H3,(H,24,25,28). The van der Waals surface area contributed by atoms with Crippen molar-refractivity contribution in [2.24, 2.45) is 0 Å². The Kier molecular flexibility index (Phi) is 5.76. The highest BCUT2D eigenvalue weighted by Crippen LogP contribution is 2.20. The molecular formula is C21H18ClN5O3. The van der Waals surface area contributed by atoms with Crippen molar-refractivity contribution in [2.75, 3.05) is 5.32 Å². The number of ether oxygens (including phenoxy) is 1. The highest BCUT2D eigenvalue weighted by molar-refractivity contribution is 6.30. The summed E-state index contributed by atoms with van der Waals surface area (Å²) in [6.07, 6.45) is 1.56. The SMILES string of the molecule is Cc1onc(C(=O)Nc2ncn(Cc3ccccc3)n2)c1COc1ccc(Cl)cc1. The molecule has 8 nitrogen and oxygen atoms in total. The molecule has 9 heteroatoms. The Hall–Kier alpha value is -3.65. The summed E-state index contributed by atoms with van der Waals surface area (Å²) in [6, 6.07) is 16.8. The highest BCUT2D eigenvalue weighted by Gasteiger charge is 2.21. The quantitative estimate of drug-likeness (QED) is 0.480. The summed E-state index contributed by atoms with van der Waals surface area (Å²) in [5.41, 5.74) is 1.75. The van der Waals surface area contributed by atoms with E-state index in [1.54, 1.807) is 42.2 Å². The zero-order valence-electron chi connectivity index (χ0n) is 16.1. The van der Waals surface area contributed by atoms with E-state index in [1.165, 1.54) is 0 Å². The van der Waals surface area contributed by atoms with Gasteiger partial charge >= 0.3 is 0 Å². The maximum Gasteiger partial charge on any atom is 0.280 e. The topological polar surface area (TPSA) is 95.1 Å². The van der Waals surface area contributed by atoms with Crippen molar-refractivity contribution in [3.05, 3.63) is 88.5 Å². The van der Waals surface area contributed by atoms with Crippen LogP contribution in [0.25, 0.3) is 0 Å². The highest BCUT2D eigenvalue weighted by atomic mass is 35.5. The van der Waals surface area contributed by atoms with E-state index in [2.05, 4.69) is 20.6 Å². The van der Waals surface area contributed by atoms with E-state index >= 15 is 0 Å². The first-order valence-electron chi connectivity index (χ1n) is 9.17. The van der Waals surface area contributed by atoms with E-state index in [4.69, 9.17) is 20.9 Å². The first-order chi connectivity index (χ1) is 14.6. The Morgan fingerprint density at radius 3 is 2.70 bits per heavy atom. The van der Waals surface area contributed by atoms with Crippen LogP contribution in [0.1, 0.15) is 27.4 Å². The fourth-order valence-electron chi connectivity index (χ4n) is 2.79. The fourth-order valence-corrected chi connectivity index (χ4v) is 2.91. The fraction of sp³-hybridized carbons (Fsp3) is 0.143. The summed E-state index contributed by atoms with van der Waals surface area (Å²) >= 11 is 5.88. The number of rotatable bonds is 7. The van der Waals surface area contributed by atoms with E-state index in [1.807, 2.05) is 30.3 Å². The number of nitrogens with zero attached hydrogens (tertiary/aromatic N) is 4. The number of anilines is 1. The minimum atomic E-state index is -0.473. The third-order valence-electron chi connectivity index (χ3n) is 4.35. The Bertz CT molecular complexity index is 1140. The number of aryl methyl sites for hydroxylation is 1. The van der Waals surface area contributed by atoms with Gasteiger partial charge in [-0.2, -0.15) is 0 Å². The summed E-state index contributed by atoms with van der Waals surface area (Å²) in [6.45, 7) is 2.39. The van der Waals surface area contributed by atoms with E-state index in [0.29, 0.717) is 28.6 Å². The van der Waals surface area contributed by atoms with Gasteiger partial charge in [-0.1, -0.05) is 47.1 Å². The molecule has 0 radical (unpaired) electrons. The first-order valence-corrected chi connectivity index (χ1v) is 9.54. The third-order valence-corrected chi connectivity index (χ3v) is 4.60. The van der Waals surface area contributed by atoms with E-state index in [0.717, 1.165) is 5.56 Å². The predicted molar refractivity (Wildman–Crippen MR) is 111 cm³/mol. The summed E-state index contributed by atoms with van der Waals surface area (Å²) < 4.78 is 12.6. The van der Waals surface area contributed by atoms with Crippen LogP contribution in [0.4, 0.5) is 5.95 Å². The number of aromatic nitrogens is 4. The molecule has 1 N–H and O–H groups in total. The normalized spacial score (nSPS) is 10.7. The molecule has 0 atom stereocenters. The van der Waals surface area contributed by atoms with Gasteiger partial charge in [0.2, 0.25) is 5.95 Å². The molecule has 0 bridgehead atoms. The molecule has 0 fully saturated rings. The minimum Gasteiger partial charge on any atom is -0.489 e. The van der Waals surface area contributed by atoms with Crippen LogP contribution < -0.4 is 10.1 Å². The maximum absolute atomic E-state index is 12.7. The number of benzene rings is 2. The third kappa shape index (κ3) is 4.66. The monoisotopic (exact) mass is 423 g/mol. The zero-order chi connectivity index (χ0) is 20.9. The van der Waals surface area contributed by atoms with Crippen molar-refractivity contribution in [1.29, 1.82) is 0 Å². The average molecular weight is 424 g/mol. The number of nitrogens with one attached hydrogen (secondary N) is 1. The molecule has 2 heterocycles. The molecule has 0 spiro atoms. The lowest BCUT2D eigenvalue weighted by Gasteiger charge is -2.06. The van der Waals surface area contributed by atoms with E-state index in [-0.39, 0.29) is 18.2 Å². The summed E-state index contributed by atoms with van der Waals surface area (Å²) in [5.74, 6) is 0.824. The van der Waals surface area contributed by atoms with Gasteiger partial charge in [-0.05, 0) is 36.8 Å². The Morgan fingerprint density at radius 1 is 1.17 bits per heavy atom. The van der Waals surface area contributed by atoms with Gasteiger partial charge in [0.1, 0.15) is 24.4 Å². The Morgan fingerprint density at radius 2 is 1.93 bits per heavy atom. The van der Waals surface area contributed by atoms with Gasteiger partial charge in [-0.25, -0.2) is 9.67 Å². The summed E-state index contributed by atoms with van der Waals surface area (Å²) in [7, 11) is 0. The first kappa shape index (κ1) is 19.7. The number of carbonyl (C=O) groups excluding carboxylic acids is 1. The number of halogens is 1. The second kappa shape index (κ2) is 8.79. The van der Waals surface area contributed by atoms with Crippen LogP contribution in [0.2, 0.25) is 5.02 Å². The largest absolute Gasteiger partial charge is 0.489 e. The van der Waals surface area contributed by atoms with Crippen molar-refractivity contribution in [2.45, 2.75) is 20.1 Å². The Labute approximate surface area is 177 Å². The van der Waals surface area contributed by atoms with Gasteiger partial charge in [-0.3, -0.25) is 10.1 Å². The van der Waals surface area contributed by atoms with Crippen LogP contribution in [0.5, 0.6) is 5.75 Å². The van der Waals surface area contributed by atoms with Crippen LogP contribution in [-0.4, -0.2) is 25.8 Å². The molecule has 4 rings (SSSR count). The zero-order valence-corrected chi connectivity index (χ0v) is 16.8. The molecule has 2 aromatic heterocycles. The molecule has 30 heavy (non-hydrogen) atoms. The van der Waals surface area contributed by atoms with Crippen LogP contribution in [0.3, 0.4) is 0 Å². The number of hydrogen-bond donors (Lipinski definition) is 1. The molecule has 0 aliphatic heterocycles.